The van der Waals surface area contributed by atoms with Crippen molar-refractivity contribution < 1.29 is 4.39 Å². The second-order valence-corrected chi connectivity index (χ2v) is 5.87. The van der Waals surface area contributed by atoms with Crippen LogP contribution in [0.5, 0.6) is 0 Å². The van der Waals surface area contributed by atoms with Crippen molar-refractivity contribution in [3.05, 3.63) is 69.5 Å². The lowest BCUT2D eigenvalue weighted by Gasteiger charge is -2.18. The van der Waals surface area contributed by atoms with Crippen molar-refractivity contribution in [3.63, 3.8) is 0 Å². The van der Waals surface area contributed by atoms with E-state index in [1.165, 1.54) is 6.07 Å². The molecule has 0 aliphatic heterocycles. The third-order valence-electron chi connectivity index (χ3n) is 3.46. The highest BCUT2D eigenvalue weighted by atomic mass is 35.5. The van der Waals surface area contributed by atoms with Crippen LogP contribution < -0.4 is 5.32 Å². The van der Waals surface area contributed by atoms with Crippen molar-refractivity contribution >= 4 is 23.2 Å². The number of rotatable bonds is 6. The average Bonchev–Trinajstić information content (AvgIpc) is 2.48. The van der Waals surface area contributed by atoms with E-state index in [9.17, 15) is 4.39 Å². The van der Waals surface area contributed by atoms with Gasteiger partial charge in [0.05, 0.1) is 0 Å². The molecule has 2 aromatic rings. The van der Waals surface area contributed by atoms with Gasteiger partial charge in [-0.15, -0.1) is 0 Å². The number of hydrogen-bond donors (Lipinski definition) is 1. The molecule has 0 heterocycles. The molecule has 0 saturated heterocycles. The molecule has 0 fully saturated rings. The van der Waals surface area contributed by atoms with E-state index in [0.717, 1.165) is 18.7 Å². The molecule has 1 N–H and O–H groups in total. The van der Waals surface area contributed by atoms with Gasteiger partial charge >= 0.3 is 0 Å². The van der Waals surface area contributed by atoms with Gasteiger partial charge in [-0.2, -0.15) is 0 Å². The molecular formula is C17H18Cl2FN. The SMILES string of the molecule is CCNCC(Cc1cc(Cl)ccc1F)c1ccc(Cl)cc1. The summed E-state index contributed by atoms with van der Waals surface area (Å²) >= 11 is 11.9. The van der Waals surface area contributed by atoms with Crippen LogP contribution in [0.3, 0.4) is 0 Å². The first-order chi connectivity index (χ1) is 10.1. The highest BCUT2D eigenvalue weighted by Crippen LogP contribution is 2.25. The quantitative estimate of drug-likeness (QED) is 0.782. The minimum Gasteiger partial charge on any atom is -0.316 e. The van der Waals surface area contributed by atoms with Crippen LogP contribution in [0.15, 0.2) is 42.5 Å². The lowest BCUT2D eigenvalue weighted by Crippen LogP contribution is -2.23. The van der Waals surface area contributed by atoms with Crippen LogP contribution in [0.4, 0.5) is 4.39 Å². The molecule has 0 amide bonds. The Labute approximate surface area is 135 Å². The van der Waals surface area contributed by atoms with Gasteiger partial charge in [0.25, 0.3) is 0 Å². The zero-order chi connectivity index (χ0) is 15.2. The van der Waals surface area contributed by atoms with Crippen molar-refractivity contribution in [1.29, 1.82) is 0 Å². The summed E-state index contributed by atoms with van der Waals surface area (Å²) in [4.78, 5) is 0. The maximum Gasteiger partial charge on any atom is 0.126 e. The molecule has 0 saturated carbocycles. The third kappa shape index (κ3) is 4.70. The Kier molecular flexibility index (Phi) is 6.04. The first-order valence-electron chi connectivity index (χ1n) is 7.00. The van der Waals surface area contributed by atoms with E-state index < -0.39 is 0 Å². The van der Waals surface area contributed by atoms with Gasteiger partial charge in [0.1, 0.15) is 5.82 Å². The van der Waals surface area contributed by atoms with Crippen molar-refractivity contribution in [2.24, 2.45) is 0 Å². The molecule has 0 spiro atoms. The van der Waals surface area contributed by atoms with Gasteiger partial charge < -0.3 is 5.32 Å². The first kappa shape index (κ1) is 16.3. The van der Waals surface area contributed by atoms with E-state index in [-0.39, 0.29) is 11.7 Å². The summed E-state index contributed by atoms with van der Waals surface area (Å²) in [7, 11) is 0. The Morgan fingerprint density at radius 3 is 2.38 bits per heavy atom. The highest BCUT2D eigenvalue weighted by Gasteiger charge is 2.15. The molecule has 1 nitrogen and oxygen atoms in total. The highest BCUT2D eigenvalue weighted by molar-refractivity contribution is 6.30. The fraction of sp³-hybridized carbons (Fsp3) is 0.294. The number of halogens is 3. The topological polar surface area (TPSA) is 12.0 Å². The smallest absolute Gasteiger partial charge is 0.126 e. The maximum absolute atomic E-state index is 13.9. The van der Waals surface area contributed by atoms with Crippen LogP contribution in [-0.4, -0.2) is 13.1 Å². The van der Waals surface area contributed by atoms with Crippen molar-refractivity contribution in [2.75, 3.05) is 13.1 Å². The standard InChI is InChI=1S/C17H18Cl2FN/c1-2-21-11-14(12-3-5-15(18)6-4-12)9-13-10-16(19)7-8-17(13)20/h3-8,10,14,21H,2,9,11H2,1H3. The van der Waals surface area contributed by atoms with Crippen molar-refractivity contribution in [2.45, 2.75) is 19.3 Å². The fourth-order valence-corrected chi connectivity index (χ4v) is 2.65. The van der Waals surface area contributed by atoms with E-state index in [1.807, 2.05) is 24.3 Å². The molecule has 2 rings (SSSR count). The maximum atomic E-state index is 13.9. The van der Waals surface area contributed by atoms with Gasteiger partial charge in [0, 0.05) is 22.5 Å². The monoisotopic (exact) mass is 325 g/mol. The predicted octanol–water partition coefficient (Wildman–Crippen LogP) is 5.07. The molecule has 0 radical (unpaired) electrons. The van der Waals surface area contributed by atoms with Gasteiger partial charge in [-0.1, -0.05) is 42.3 Å². The van der Waals surface area contributed by atoms with Crippen LogP contribution in [0, 0.1) is 5.82 Å². The lowest BCUT2D eigenvalue weighted by atomic mass is 9.91. The third-order valence-corrected chi connectivity index (χ3v) is 3.94. The Morgan fingerprint density at radius 1 is 1.05 bits per heavy atom. The van der Waals surface area contributed by atoms with Crippen LogP contribution in [0.25, 0.3) is 0 Å². The van der Waals surface area contributed by atoms with Crippen LogP contribution in [0.1, 0.15) is 24.0 Å². The zero-order valence-corrected chi connectivity index (χ0v) is 13.4. The molecule has 4 heteroatoms. The lowest BCUT2D eigenvalue weighted by molar-refractivity contribution is 0.562. The Morgan fingerprint density at radius 2 is 1.71 bits per heavy atom. The molecule has 2 aromatic carbocycles. The fourth-order valence-electron chi connectivity index (χ4n) is 2.33. The summed E-state index contributed by atoms with van der Waals surface area (Å²) in [5.74, 6) is -0.0370. The van der Waals surface area contributed by atoms with Crippen molar-refractivity contribution in [1.82, 2.24) is 5.32 Å². The minimum atomic E-state index is -0.213. The molecule has 0 aromatic heterocycles. The molecular weight excluding hydrogens is 308 g/mol. The Balaban J connectivity index is 2.23. The number of nitrogens with one attached hydrogen (secondary N) is 1. The number of benzene rings is 2. The van der Waals surface area contributed by atoms with E-state index in [2.05, 4.69) is 12.2 Å². The summed E-state index contributed by atoms with van der Waals surface area (Å²) in [5.41, 5.74) is 1.78. The number of likely N-dealkylation sites (N-methyl/N-ethyl adjacent to an activating group) is 1. The molecule has 1 atom stereocenters. The summed E-state index contributed by atoms with van der Waals surface area (Å²) in [6.45, 7) is 3.71. The van der Waals surface area contributed by atoms with E-state index in [0.29, 0.717) is 22.0 Å². The predicted molar refractivity (Wildman–Crippen MR) is 87.9 cm³/mol. The van der Waals surface area contributed by atoms with E-state index in [1.54, 1.807) is 12.1 Å². The van der Waals surface area contributed by atoms with Gasteiger partial charge in [-0.3, -0.25) is 0 Å². The molecule has 21 heavy (non-hydrogen) atoms. The molecule has 0 bridgehead atoms. The summed E-state index contributed by atoms with van der Waals surface area (Å²) < 4.78 is 13.9. The Bertz CT molecular complexity index is 584. The average molecular weight is 326 g/mol. The summed E-state index contributed by atoms with van der Waals surface area (Å²) in [5, 5.41) is 4.59. The summed E-state index contributed by atoms with van der Waals surface area (Å²) in [6.07, 6.45) is 0.598. The van der Waals surface area contributed by atoms with Gasteiger partial charge in [-0.25, -0.2) is 4.39 Å². The van der Waals surface area contributed by atoms with Gasteiger partial charge in [0.15, 0.2) is 0 Å². The van der Waals surface area contributed by atoms with E-state index in [4.69, 9.17) is 23.2 Å². The molecule has 0 aliphatic rings. The first-order valence-corrected chi connectivity index (χ1v) is 7.76. The van der Waals surface area contributed by atoms with Crippen LogP contribution in [0.2, 0.25) is 10.0 Å². The normalized spacial score (nSPS) is 12.4. The largest absolute Gasteiger partial charge is 0.316 e. The van der Waals surface area contributed by atoms with E-state index >= 15 is 0 Å². The molecule has 0 aliphatic carbocycles. The van der Waals surface area contributed by atoms with Crippen LogP contribution >= 0.6 is 23.2 Å². The van der Waals surface area contributed by atoms with Crippen LogP contribution in [-0.2, 0) is 6.42 Å². The molecule has 1 unspecified atom stereocenters. The van der Waals surface area contributed by atoms with Gasteiger partial charge in [-0.05, 0) is 54.4 Å². The minimum absolute atomic E-state index is 0.176. The number of hydrogen-bond acceptors (Lipinski definition) is 1. The van der Waals surface area contributed by atoms with Crippen molar-refractivity contribution in [3.8, 4) is 0 Å². The van der Waals surface area contributed by atoms with Gasteiger partial charge in [0.2, 0.25) is 0 Å². The molecule has 112 valence electrons. The second kappa shape index (κ2) is 7.79. The Hall–Kier alpha value is -1.09. The second-order valence-electron chi connectivity index (χ2n) is 5.00. The zero-order valence-electron chi connectivity index (χ0n) is 11.9. The summed E-state index contributed by atoms with van der Waals surface area (Å²) in [6, 6.07) is 12.4.